The quantitative estimate of drug-likeness (QED) is 0.930. The SMILES string of the molecule is CCCC(C)N(C)C(=O)N1CCc2sccc2C1C(=O)O. The number of thiophene rings is 1. The lowest BCUT2D eigenvalue weighted by atomic mass is 10.0. The number of hydrogen-bond acceptors (Lipinski definition) is 3. The fourth-order valence-electron chi connectivity index (χ4n) is 2.79. The predicted octanol–water partition coefficient (Wildman–Crippen LogP) is 2.97. The average Bonchev–Trinajstić information content (AvgIpc) is 2.92. The molecule has 1 aliphatic heterocycles. The molecule has 2 unspecified atom stereocenters. The van der Waals surface area contributed by atoms with Crippen LogP contribution in [0.4, 0.5) is 4.79 Å². The van der Waals surface area contributed by atoms with E-state index in [1.54, 1.807) is 23.3 Å². The molecule has 2 rings (SSSR count). The maximum Gasteiger partial charge on any atom is 0.331 e. The molecule has 2 atom stereocenters. The minimum absolute atomic E-state index is 0.112. The topological polar surface area (TPSA) is 60.9 Å². The number of carbonyl (C=O) groups is 2. The van der Waals surface area contributed by atoms with Gasteiger partial charge in [0.1, 0.15) is 0 Å². The normalized spacial score (nSPS) is 19.0. The third-order valence-electron chi connectivity index (χ3n) is 4.11. The lowest BCUT2D eigenvalue weighted by molar-refractivity contribution is -0.143. The molecule has 1 N–H and O–H groups in total. The van der Waals surface area contributed by atoms with Crippen LogP contribution in [-0.2, 0) is 11.2 Å². The Hall–Kier alpha value is -1.56. The maximum atomic E-state index is 12.7. The molecule has 0 aliphatic carbocycles. The summed E-state index contributed by atoms with van der Waals surface area (Å²) in [4.78, 5) is 28.5. The Balaban J connectivity index is 2.23. The summed E-state index contributed by atoms with van der Waals surface area (Å²) in [6.45, 7) is 4.54. The fraction of sp³-hybridized carbons (Fsp3) is 0.600. The van der Waals surface area contributed by atoms with Gasteiger partial charge in [0.2, 0.25) is 0 Å². The van der Waals surface area contributed by atoms with E-state index in [1.165, 1.54) is 4.90 Å². The molecule has 2 heterocycles. The number of carboxylic acid groups (broad SMARTS) is 1. The van der Waals surface area contributed by atoms with Crippen LogP contribution in [0.25, 0.3) is 0 Å². The molecule has 0 saturated carbocycles. The Labute approximate surface area is 129 Å². The van der Waals surface area contributed by atoms with E-state index in [4.69, 9.17) is 0 Å². The highest BCUT2D eigenvalue weighted by Gasteiger charge is 2.38. The molecule has 1 aromatic heterocycles. The molecule has 6 heteroatoms. The van der Waals surface area contributed by atoms with Gasteiger partial charge in [-0.1, -0.05) is 13.3 Å². The summed E-state index contributed by atoms with van der Waals surface area (Å²) in [6.07, 6.45) is 2.64. The summed E-state index contributed by atoms with van der Waals surface area (Å²) < 4.78 is 0. The minimum Gasteiger partial charge on any atom is -0.479 e. The Bertz CT molecular complexity index is 529. The number of hydrogen-bond donors (Lipinski definition) is 1. The van der Waals surface area contributed by atoms with Crippen LogP contribution in [0.1, 0.15) is 43.2 Å². The van der Waals surface area contributed by atoms with Crippen LogP contribution in [0.15, 0.2) is 11.4 Å². The van der Waals surface area contributed by atoms with Crippen LogP contribution in [0.2, 0.25) is 0 Å². The molecular weight excluding hydrogens is 288 g/mol. The largest absolute Gasteiger partial charge is 0.479 e. The molecular formula is C15H22N2O3S. The highest BCUT2D eigenvalue weighted by Crippen LogP contribution is 2.34. The number of carbonyl (C=O) groups excluding carboxylic acids is 1. The first-order valence-electron chi connectivity index (χ1n) is 7.29. The molecule has 0 bridgehead atoms. The third-order valence-corrected chi connectivity index (χ3v) is 5.11. The maximum absolute atomic E-state index is 12.7. The Morgan fingerprint density at radius 3 is 2.90 bits per heavy atom. The van der Waals surface area contributed by atoms with E-state index in [9.17, 15) is 14.7 Å². The van der Waals surface area contributed by atoms with E-state index in [0.717, 1.165) is 29.7 Å². The summed E-state index contributed by atoms with van der Waals surface area (Å²) in [5.41, 5.74) is 0.767. The smallest absolute Gasteiger partial charge is 0.331 e. The van der Waals surface area contributed by atoms with E-state index >= 15 is 0 Å². The van der Waals surface area contributed by atoms with Gasteiger partial charge in [-0.3, -0.25) is 0 Å². The fourth-order valence-corrected chi connectivity index (χ4v) is 3.70. The summed E-state index contributed by atoms with van der Waals surface area (Å²) in [6, 6.07) is 0.887. The van der Waals surface area contributed by atoms with Crippen molar-refractivity contribution < 1.29 is 14.7 Å². The summed E-state index contributed by atoms with van der Waals surface area (Å²) in [7, 11) is 1.75. The molecule has 0 spiro atoms. The monoisotopic (exact) mass is 310 g/mol. The molecule has 0 saturated heterocycles. The van der Waals surface area contributed by atoms with Crippen molar-refractivity contribution in [2.45, 2.75) is 45.2 Å². The predicted molar refractivity (Wildman–Crippen MR) is 82.6 cm³/mol. The standard InChI is InChI=1S/C15H22N2O3S/c1-4-5-10(2)16(3)15(20)17-8-6-12-11(7-9-21-12)13(17)14(18)19/h7,9-10,13H,4-6,8H2,1-3H3,(H,18,19). The van der Waals surface area contributed by atoms with Crippen molar-refractivity contribution in [3.05, 3.63) is 21.9 Å². The van der Waals surface area contributed by atoms with Gasteiger partial charge in [-0.05, 0) is 36.8 Å². The zero-order valence-corrected chi connectivity index (χ0v) is 13.5. The van der Waals surface area contributed by atoms with Crippen molar-refractivity contribution >= 4 is 23.3 Å². The first kappa shape index (κ1) is 15.8. The van der Waals surface area contributed by atoms with E-state index in [1.807, 2.05) is 18.4 Å². The van der Waals surface area contributed by atoms with Gasteiger partial charge in [-0.2, -0.15) is 0 Å². The number of nitrogens with zero attached hydrogens (tertiary/aromatic N) is 2. The van der Waals surface area contributed by atoms with Gasteiger partial charge in [-0.25, -0.2) is 9.59 Å². The zero-order chi connectivity index (χ0) is 15.6. The van der Waals surface area contributed by atoms with Gasteiger partial charge in [-0.15, -0.1) is 11.3 Å². The average molecular weight is 310 g/mol. The number of amides is 2. The molecule has 0 aromatic carbocycles. The Morgan fingerprint density at radius 1 is 1.57 bits per heavy atom. The van der Waals surface area contributed by atoms with Crippen molar-refractivity contribution in [3.8, 4) is 0 Å². The van der Waals surface area contributed by atoms with Gasteiger partial charge in [0, 0.05) is 24.5 Å². The Morgan fingerprint density at radius 2 is 2.29 bits per heavy atom. The number of fused-ring (bicyclic) bond motifs is 1. The van der Waals surface area contributed by atoms with Crippen LogP contribution in [0.3, 0.4) is 0 Å². The highest BCUT2D eigenvalue weighted by molar-refractivity contribution is 7.10. The number of carboxylic acids is 1. The molecule has 1 aromatic rings. The summed E-state index contributed by atoms with van der Waals surface area (Å²) >= 11 is 1.57. The lowest BCUT2D eigenvalue weighted by Crippen LogP contribution is -2.50. The van der Waals surface area contributed by atoms with Crippen molar-refractivity contribution in [2.75, 3.05) is 13.6 Å². The molecule has 1 aliphatic rings. The number of urea groups is 1. The Kier molecular flexibility index (Phi) is 4.88. The first-order chi connectivity index (χ1) is 9.97. The van der Waals surface area contributed by atoms with Gasteiger partial charge in [0.15, 0.2) is 6.04 Å². The molecule has 0 fully saturated rings. The van der Waals surface area contributed by atoms with Crippen molar-refractivity contribution in [3.63, 3.8) is 0 Å². The van der Waals surface area contributed by atoms with Crippen molar-refractivity contribution in [2.24, 2.45) is 0 Å². The lowest BCUT2D eigenvalue weighted by Gasteiger charge is -2.37. The third kappa shape index (κ3) is 3.05. The molecule has 0 radical (unpaired) electrons. The molecule has 2 amide bonds. The van der Waals surface area contributed by atoms with Gasteiger partial charge >= 0.3 is 12.0 Å². The van der Waals surface area contributed by atoms with Gasteiger partial charge in [0.05, 0.1) is 0 Å². The second kappa shape index (κ2) is 6.47. The summed E-state index contributed by atoms with van der Waals surface area (Å²) in [5.74, 6) is -0.959. The van der Waals surface area contributed by atoms with E-state index in [2.05, 4.69) is 6.92 Å². The van der Waals surface area contributed by atoms with E-state index in [0.29, 0.717) is 6.54 Å². The second-order valence-corrected chi connectivity index (χ2v) is 6.52. The second-order valence-electron chi connectivity index (χ2n) is 5.51. The molecule has 5 nitrogen and oxygen atoms in total. The van der Waals surface area contributed by atoms with E-state index < -0.39 is 12.0 Å². The first-order valence-corrected chi connectivity index (χ1v) is 8.17. The highest BCUT2D eigenvalue weighted by atomic mass is 32.1. The van der Waals surface area contributed by atoms with Crippen LogP contribution >= 0.6 is 11.3 Å². The van der Waals surface area contributed by atoms with Crippen molar-refractivity contribution in [1.82, 2.24) is 9.80 Å². The molecule has 21 heavy (non-hydrogen) atoms. The van der Waals surface area contributed by atoms with Crippen LogP contribution in [0.5, 0.6) is 0 Å². The van der Waals surface area contributed by atoms with Crippen LogP contribution in [0, 0.1) is 0 Å². The summed E-state index contributed by atoms with van der Waals surface area (Å²) in [5, 5.41) is 11.4. The minimum atomic E-state index is -0.959. The zero-order valence-electron chi connectivity index (χ0n) is 12.7. The number of rotatable bonds is 4. The molecule has 116 valence electrons. The number of aliphatic carboxylic acids is 1. The van der Waals surface area contributed by atoms with Crippen LogP contribution < -0.4 is 0 Å². The van der Waals surface area contributed by atoms with Crippen LogP contribution in [-0.4, -0.2) is 46.5 Å². The van der Waals surface area contributed by atoms with E-state index in [-0.39, 0.29) is 12.1 Å². The van der Waals surface area contributed by atoms with Gasteiger partial charge < -0.3 is 14.9 Å². The van der Waals surface area contributed by atoms with Crippen molar-refractivity contribution in [1.29, 1.82) is 0 Å². The van der Waals surface area contributed by atoms with Gasteiger partial charge in [0.25, 0.3) is 0 Å².